The number of aromatic nitrogens is 2. The van der Waals surface area contributed by atoms with Crippen LogP contribution in [0.15, 0.2) is 76.5 Å². The number of rotatable bonds is 6. The zero-order valence-corrected chi connectivity index (χ0v) is 24.7. The molecule has 1 amide bonds. The largest absolute Gasteiger partial charge is 0.342 e. The van der Waals surface area contributed by atoms with Crippen LogP contribution in [0.3, 0.4) is 0 Å². The van der Waals surface area contributed by atoms with Gasteiger partial charge in [-0.3, -0.25) is 9.59 Å². The van der Waals surface area contributed by atoms with Crippen molar-refractivity contribution >= 4 is 51.8 Å². The van der Waals surface area contributed by atoms with Crippen molar-refractivity contribution in [2.75, 3.05) is 6.54 Å². The number of halogens is 2. The molecule has 2 aromatic carbocycles. The molecule has 3 atom stereocenters. The average Bonchev–Trinajstić information content (AvgIpc) is 3.72. The van der Waals surface area contributed by atoms with Crippen LogP contribution in [-0.2, 0) is 10.3 Å². The van der Waals surface area contributed by atoms with Crippen molar-refractivity contribution in [2.45, 2.75) is 51.2 Å². The van der Waals surface area contributed by atoms with E-state index in [2.05, 4.69) is 35.6 Å². The van der Waals surface area contributed by atoms with Gasteiger partial charge in [0, 0.05) is 34.7 Å². The number of ketones is 1. The first-order valence-corrected chi connectivity index (χ1v) is 14.9. The predicted octanol–water partition coefficient (Wildman–Crippen LogP) is 6.83. The van der Waals surface area contributed by atoms with Gasteiger partial charge in [-0.2, -0.15) is 0 Å². The SMILES string of the molecule is CC(C)C1=C(C(=O)N2CCC[C@H]2C(=O)c2ncc[nH]2)SC2=N[C@@](C)(c3ccc(Cl)cc3)[C@@H](c3ccc(Cl)cc3)N21. The molecule has 0 aliphatic carbocycles. The number of amides is 1. The second kappa shape index (κ2) is 10.4. The fourth-order valence-corrected chi connectivity index (χ4v) is 7.65. The smallest absolute Gasteiger partial charge is 0.263 e. The van der Waals surface area contributed by atoms with Gasteiger partial charge < -0.3 is 14.8 Å². The van der Waals surface area contributed by atoms with E-state index in [0.29, 0.717) is 27.9 Å². The lowest BCUT2D eigenvalue weighted by molar-refractivity contribution is -0.126. The summed E-state index contributed by atoms with van der Waals surface area (Å²) in [4.78, 5) is 44.3. The van der Waals surface area contributed by atoms with E-state index in [1.807, 2.05) is 48.5 Å². The predicted molar refractivity (Wildman–Crippen MR) is 159 cm³/mol. The minimum absolute atomic E-state index is 0.0309. The topological polar surface area (TPSA) is 81.7 Å². The van der Waals surface area contributed by atoms with Crippen LogP contribution in [0, 0.1) is 5.92 Å². The highest BCUT2D eigenvalue weighted by Gasteiger charge is 2.54. The minimum Gasteiger partial charge on any atom is -0.342 e. The van der Waals surface area contributed by atoms with E-state index in [4.69, 9.17) is 28.2 Å². The Morgan fingerprint density at radius 1 is 1.07 bits per heavy atom. The highest BCUT2D eigenvalue weighted by molar-refractivity contribution is 8.18. The van der Waals surface area contributed by atoms with E-state index in [1.54, 1.807) is 17.3 Å². The number of likely N-dealkylation sites (tertiary alicyclic amines) is 1. The minimum atomic E-state index is -0.638. The molecule has 0 saturated carbocycles. The first-order valence-electron chi connectivity index (χ1n) is 13.4. The molecule has 3 aliphatic heterocycles. The van der Waals surface area contributed by atoms with Crippen molar-refractivity contribution in [3.63, 3.8) is 0 Å². The first kappa shape index (κ1) is 27.1. The summed E-state index contributed by atoms with van der Waals surface area (Å²) in [6, 6.07) is 14.9. The number of benzene rings is 2. The number of carbonyl (C=O) groups excluding carboxylic acids is 2. The zero-order chi connectivity index (χ0) is 28.2. The molecule has 1 fully saturated rings. The van der Waals surface area contributed by atoms with Gasteiger partial charge in [-0.25, -0.2) is 9.98 Å². The number of nitrogens with one attached hydrogen (secondary N) is 1. The maximum atomic E-state index is 14.2. The van der Waals surface area contributed by atoms with Gasteiger partial charge in [-0.1, -0.05) is 61.3 Å². The summed E-state index contributed by atoms with van der Waals surface area (Å²) in [6.45, 7) is 6.84. The molecule has 10 heteroatoms. The van der Waals surface area contributed by atoms with E-state index >= 15 is 0 Å². The second-order valence-electron chi connectivity index (χ2n) is 10.8. The Balaban J connectivity index is 1.42. The Kier molecular flexibility index (Phi) is 7.05. The van der Waals surface area contributed by atoms with Crippen molar-refractivity contribution < 1.29 is 9.59 Å². The van der Waals surface area contributed by atoms with Crippen LogP contribution in [0.4, 0.5) is 0 Å². The summed E-state index contributed by atoms with van der Waals surface area (Å²) in [7, 11) is 0. The van der Waals surface area contributed by atoms with Gasteiger partial charge >= 0.3 is 0 Å². The molecule has 40 heavy (non-hydrogen) atoms. The number of imidazole rings is 1. The quantitative estimate of drug-likeness (QED) is 0.317. The number of H-pyrrole nitrogens is 1. The van der Waals surface area contributed by atoms with Gasteiger partial charge in [0.25, 0.3) is 5.91 Å². The fraction of sp³-hybridized carbons (Fsp3) is 0.333. The maximum Gasteiger partial charge on any atom is 0.263 e. The number of allylic oxidation sites excluding steroid dienone is 1. The molecule has 3 aliphatic rings. The van der Waals surface area contributed by atoms with Gasteiger partial charge in [-0.15, -0.1) is 0 Å². The third-order valence-electron chi connectivity index (χ3n) is 7.91. The molecular weight excluding hydrogens is 565 g/mol. The summed E-state index contributed by atoms with van der Waals surface area (Å²) < 4.78 is 0. The molecule has 0 radical (unpaired) electrons. The van der Waals surface area contributed by atoms with E-state index in [9.17, 15) is 9.59 Å². The van der Waals surface area contributed by atoms with Crippen LogP contribution in [0.2, 0.25) is 10.0 Å². The van der Waals surface area contributed by atoms with Gasteiger partial charge in [0.15, 0.2) is 11.0 Å². The molecule has 0 spiro atoms. The van der Waals surface area contributed by atoms with E-state index in [1.165, 1.54) is 11.8 Å². The number of thioether (sulfide) groups is 1. The van der Waals surface area contributed by atoms with Crippen LogP contribution in [0.1, 0.15) is 61.4 Å². The molecule has 0 bridgehead atoms. The van der Waals surface area contributed by atoms with E-state index in [-0.39, 0.29) is 29.5 Å². The molecule has 3 aromatic rings. The third-order valence-corrected chi connectivity index (χ3v) is 9.48. The summed E-state index contributed by atoms with van der Waals surface area (Å²) >= 11 is 13.9. The third kappa shape index (κ3) is 4.46. The molecule has 1 saturated heterocycles. The van der Waals surface area contributed by atoms with Gasteiger partial charge in [0.05, 0.1) is 12.1 Å². The van der Waals surface area contributed by atoms with Crippen molar-refractivity contribution in [2.24, 2.45) is 10.9 Å². The van der Waals surface area contributed by atoms with E-state index < -0.39 is 11.6 Å². The summed E-state index contributed by atoms with van der Waals surface area (Å²) in [5, 5.41) is 2.09. The number of aromatic amines is 1. The Hall–Kier alpha value is -3.07. The summed E-state index contributed by atoms with van der Waals surface area (Å²) in [5.74, 6) is 0.0331. The molecule has 6 rings (SSSR count). The number of nitrogens with zero attached hydrogens (tertiary/aromatic N) is 4. The molecule has 1 aromatic heterocycles. The lowest BCUT2D eigenvalue weighted by Crippen LogP contribution is -2.42. The Bertz CT molecular complexity index is 1520. The molecule has 0 unspecified atom stereocenters. The van der Waals surface area contributed by atoms with Gasteiger partial charge in [0.1, 0.15) is 10.4 Å². The average molecular weight is 595 g/mol. The van der Waals surface area contributed by atoms with Gasteiger partial charge in [-0.05, 0) is 72.8 Å². The lowest BCUT2D eigenvalue weighted by Gasteiger charge is -2.37. The van der Waals surface area contributed by atoms with Crippen LogP contribution in [0.25, 0.3) is 0 Å². The van der Waals surface area contributed by atoms with Crippen molar-refractivity contribution in [3.8, 4) is 0 Å². The van der Waals surface area contributed by atoms with Crippen LogP contribution >= 0.6 is 35.0 Å². The van der Waals surface area contributed by atoms with E-state index in [0.717, 1.165) is 28.4 Å². The second-order valence-corrected chi connectivity index (χ2v) is 12.7. The normalized spacial score (nSPS) is 24.2. The number of hydrogen-bond donors (Lipinski definition) is 1. The van der Waals surface area contributed by atoms with Crippen LogP contribution in [0.5, 0.6) is 0 Å². The van der Waals surface area contributed by atoms with Crippen molar-refractivity contribution in [1.29, 1.82) is 0 Å². The fourth-order valence-electron chi connectivity index (χ4n) is 6.04. The van der Waals surface area contributed by atoms with Crippen LogP contribution in [-0.4, -0.2) is 49.2 Å². The number of hydrogen-bond acceptors (Lipinski definition) is 6. The molecule has 206 valence electrons. The number of fused-ring (bicyclic) bond motifs is 1. The Morgan fingerprint density at radius 2 is 1.75 bits per heavy atom. The number of Topliss-reactive ketones (excluding diaryl/α,β-unsaturated/α-hetero) is 1. The van der Waals surface area contributed by atoms with Gasteiger partial charge in [0.2, 0.25) is 5.78 Å². The van der Waals surface area contributed by atoms with Crippen molar-refractivity contribution in [3.05, 3.63) is 98.5 Å². The lowest BCUT2D eigenvalue weighted by atomic mass is 9.81. The number of carbonyl (C=O) groups is 2. The highest BCUT2D eigenvalue weighted by Crippen LogP contribution is 2.56. The standard InChI is InChI=1S/C30H29Cl2N5O2S/c1-17(2)23-25(28(39)36-16-4-5-22(36)24(38)27-33-14-15-34-27)40-29-35-30(3,19-8-12-21(32)13-9-19)26(37(23)29)18-6-10-20(31)11-7-18/h6-15,17,22,26H,4-5,16H2,1-3H3,(H,33,34)/t22-,26+,30-/m0/s1. The number of aliphatic imine (C=N–C) groups is 1. The molecule has 4 heterocycles. The molecular formula is C30H29Cl2N5O2S. The summed E-state index contributed by atoms with van der Waals surface area (Å²) in [5.41, 5.74) is 2.35. The molecule has 1 N–H and O–H groups in total. The summed E-state index contributed by atoms with van der Waals surface area (Å²) in [6.07, 6.45) is 4.57. The monoisotopic (exact) mass is 593 g/mol. The molecule has 7 nitrogen and oxygen atoms in total. The first-order chi connectivity index (χ1) is 19.2. The maximum absolute atomic E-state index is 14.2. The van der Waals surface area contributed by atoms with Crippen molar-refractivity contribution in [1.82, 2.24) is 19.8 Å². The Labute approximate surface area is 247 Å². The highest BCUT2D eigenvalue weighted by atomic mass is 35.5. The Morgan fingerprint density at radius 3 is 2.38 bits per heavy atom. The zero-order valence-electron chi connectivity index (χ0n) is 22.4. The number of amidine groups is 1. The van der Waals surface area contributed by atoms with Crippen LogP contribution < -0.4 is 0 Å².